The van der Waals surface area contributed by atoms with Gasteiger partial charge in [0.1, 0.15) is 11.5 Å². The second kappa shape index (κ2) is 6.03. The van der Waals surface area contributed by atoms with Crippen LogP contribution in [-0.4, -0.2) is 35.4 Å². The van der Waals surface area contributed by atoms with E-state index in [1.807, 2.05) is 23.1 Å². The molecule has 4 rings (SSSR count). The minimum atomic E-state index is 0.0685. The number of pyridine rings is 1. The SMILES string of the molecule is O=C(c1cccc(N2CCc3ccccc32)n1)N1CCCCC1. The molecule has 4 nitrogen and oxygen atoms in total. The fourth-order valence-electron chi connectivity index (χ4n) is 3.53. The van der Waals surface area contributed by atoms with Crippen molar-refractivity contribution in [3.63, 3.8) is 0 Å². The average molecular weight is 307 g/mol. The summed E-state index contributed by atoms with van der Waals surface area (Å²) in [5.41, 5.74) is 3.12. The number of nitrogens with zero attached hydrogens (tertiary/aromatic N) is 3. The molecule has 1 aromatic heterocycles. The Bertz CT molecular complexity index is 722. The van der Waals surface area contributed by atoms with Gasteiger partial charge in [-0.25, -0.2) is 4.98 Å². The molecule has 0 bridgehead atoms. The summed E-state index contributed by atoms with van der Waals surface area (Å²) in [4.78, 5) is 21.5. The van der Waals surface area contributed by atoms with E-state index in [-0.39, 0.29) is 5.91 Å². The fraction of sp³-hybridized carbons (Fsp3) is 0.368. The highest BCUT2D eigenvalue weighted by Crippen LogP contribution is 2.33. The van der Waals surface area contributed by atoms with Crippen LogP contribution in [0, 0.1) is 0 Å². The van der Waals surface area contributed by atoms with Gasteiger partial charge in [-0.2, -0.15) is 0 Å². The Labute approximate surface area is 136 Å². The van der Waals surface area contributed by atoms with Gasteiger partial charge in [0.15, 0.2) is 0 Å². The average Bonchev–Trinajstić information content (AvgIpc) is 3.06. The lowest BCUT2D eigenvalue weighted by Gasteiger charge is -2.26. The molecule has 2 aromatic rings. The van der Waals surface area contributed by atoms with Gasteiger partial charge in [0.2, 0.25) is 0 Å². The summed E-state index contributed by atoms with van der Waals surface area (Å²) in [6, 6.07) is 14.2. The predicted molar refractivity (Wildman–Crippen MR) is 91.1 cm³/mol. The van der Waals surface area contributed by atoms with Crippen molar-refractivity contribution < 1.29 is 4.79 Å². The summed E-state index contributed by atoms with van der Waals surface area (Å²) in [6.45, 7) is 2.64. The summed E-state index contributed by atoms with van der Waals surface area (Å²) < 4.78 is 0. The number of likely N-dealkylation sites (tertiary alicyclic amines) is 1. The van der Waals surface area contributed by atoms with Gasteiger partial charge in [0.25, 0.3) is 5.91 Å². The van der Waals surface area contributed by atoms with Gasteiger partial charge in [-0.15, -0.1) is 0 Å². The van der Waals surface area contributed by atoms with Crippen LogP contribution in [0.15, 0.2) is 42.5 Å². The number of hydrogen-bond donors (Lipinski definition) is 0. The Morgan fingerprint density at radius 1 is 0.913 bits per heavy atom. The smallest absolute Gasteiger partial charge is 0.272 e. The van der Waals surface area contributed by atoms with E-state index in [1.165, 1.54) is 17.7 Å². The van der Waals surface area contributed by atoms with Crippen LogP contribution >= 0.6 is 0 Å². The first-order valence-corrected chi connectivity index (χ1v) is 8.45. The van der Waals surface area contributed by atoms with Gasteiger partial charge in [-0.05, 0) is 49.4 Å². The molecule has 2 aliphatic heterocycles. The van der Waals surface area contributed by atoms with Gasteiger partial charge in [-0.1, -0.05) is 24.3 Å². The van der Waals surface area contributed by atoms with E-state index in [2.05, 4.69) is 34.1 Å². The first-order valence-electron chi connectivity index (χ1n) is 8.45. The summed E-state index contributed by atoms with van der Waals surface area (Å²) in [5.74, 6) is 0.942. The highest BCUT2D eigenvalue weighted by molar-refractivity contribution is 5.93. The number of rotatable bonds is 2. The maximum Gasteiger partial charge on any atom is 0.272 e. The molecule has 0 saturated carbocycles. The number of aromatic nitrogens is 1. The Balaban J connectivity index is 1.61. The van der Waals surface area contributed by atoms with Crippen molar-refractivity contribution in [3.05, 3.63) is 53.7 Å². The molecule has 1 fully saturated rings. The van der Waals surface area contributed by atoms with Gasteiger partial charge < -0.3 is 9.80 Å². The summed E-state index contributed by atoms with van der Waals surface area (Å²) in [5, 5.41) is 0. The van der Waals surface area contributed by atoms with Crippen molar-refractivity contribution in [2.75, 3.05) is 24.5 Å². The van der Waals surface area contributed by atoms with E-state index in [0.717, 1.165) is 44.7 Å². The minimum Gasteiger partial charge on any atom is -0.337 e. The predicted octanol–water partition coefficient (Wildman–Crippen LogP) is 3.40. The first-order chi connectivity index (χ1) is 11.3. The van der Waals surface area contributed by atoms with Crippen LogP contribution in [-0.2, 0) is 6.42 Å². The number of benzene rings is 1. The summed E-state index contributed by atoms with van der Waals surface area (Å²) in [6.07, 6.45) is 4.46. The molecule has 0 N–H and O–H groups in total. The van der Waals surface area contributed by atoms with Crippen LogP contribution in [0.25, 0.3) is 0 Å². The highest BCUT2D eigenvalue weighted by atomic mass is 16.2. The molecule has 1 saturated heterocycles. The molecule has 23 heavy (non-hydrogen) atoms. The quantitative estimate of drug-likeness (QED) is 0.853. The molecule has 1 aromatic carbocycles. The third-order valence-corrected chi connectivity index (χ3v) is 4.76. The van der Waals surface area contributed by atoms with Crippen molar-refractivity contribution in [1.82, 2.24) is 9.88 Å². The van der Waals surface area contributed by atoms with Gasteiger partial charge in [0, 0.05) is 25.3 Å². The number of piperidine rings is 1. The Hall–Kier alpha value is -2.36. The van der Waals surface area contributed by atoms with Crippen LogP contribution < -0.4 is 4.90 Å². The number of carbonyl (C=O) groups is 1. The highest BCUT2D eigenvalue weighted by Gasteiger charge is 2.23. The number of anilines is 2. The van der Waals surface area contributed by atoms with Gasteiger partial charge >= 0.3 is 0 Å². The zero-order valence-electron chi connectivity index (χ0n) is 13.2. The van der Waals surface area contributed by atoms with E-state index >= 15 is 0 Å². The molecule has 0 radical (unpaired) electrons. The van der Waals surface area contributed by atoms with Gasteiger partial charge in [-0.3, -0.25) is 4.79 Å². The van der Waals surface area contributed by atoms with Crippen LogP contribution in [0.3, 0.4) is 0 Å². The molecular weight excluding hydrogens is 286 g/mol. The van der Waals surface area contributed by atoms with Crippen molar-refractivity contribution in [1.29, 1.82) is 0 Å². The van der Waals surface area contributed by atoms with Crippen LogP contribution in [0.4, 0.5) is 11.5 Å². The zero-order chi connectivity index (χ0) is 15.6. The van der Waals surface area contributed by atoms with Crippen molar-refractivity contribution in [2.45, 2.75) is 25.7 Å². The number of amides is 1. The number of hydrogen-bond acceptors (Lipinski definition) is 3. The molecule has 1 amide bonds. The molecule has 0 atom stereocenters. The Morgan fingerprint density at radius 3 is 2.61 bits per heavy atom. The Morgan fingerprint density at radius 2 is 1.74 bits per heavy atom. The van der Waals surface area contributed by atoms with Crippen LogP contribution in [0.1, 0.15) is 35.3 Å². The summed E-state index contributed by atoms with van der Waals surface area (Å²) in [7, 11) is 0. The lowest BCUT2D eigenvalue weighted by Crippen LogP contribution is -2.36. The normalized spacial score (nSPS) is 17.2. The van der Waals surface area contributed by atoms with Crippen LogP contribution in [0.5, 0.6) is 0 Å². The second-order valence-corrected chi connectivity index (χ2v) is 6.26. The number of para-hydroxylation sites is 1. The van der Waals surface area contributed by atoms with Crippen LogP contribution in [0.2, 0.25) is 0 Å². The topological polar surface area (TPSA) is 36.4 Å². The lowest BCUT2D eigenvalue weighted by molar-refractivity contribution is 0.0718. The molecule has 118 valence electrons. The van der Waals surface area contributed by atoms with E-state index in [9.17, 15) is 4.79 Å². The molecule has 0 spiro atoms. The second-order valence-electron chi connectivity index (χ2n) is 6.26. The molecule has 0 unspecified atom stereocenters. The first kappa shape index (κ1) is 14.2. The van der Waals surface area contributed by atoms with E-state index in [0.29, 0.717) is 5.69 Å². The molecule has 3 heterocycles. The Kier molecular flexibility index (Phi) is 3.74. The monoisotopic (exact) mass is 307 g/mol. The molecule has 4 heteroatoms. The van der Waals surface area contributed by atoms with E-state index < -0.39 is 0 Å². The zero-order valence-corrected chi connectivity index (χ0v) is 13.2. The lowest BCUT2D eigenvalue weighted by atomic mass is 10.1. The third kappa shape index (κ3) is 2.69. The molecule has 2 aliphatic rings. The van der Waals surface area contributed by atoms with E-state index in [4.69, 9.17) is 0 Å². The fourth-order valence-corrected chi connectivity index (χ4v) is 3.53. The third-order valence-electron chi connectivity index (χ3n) is 4.76. The van der Waals surface area contributed by atoms with Crippen molar-refractivity contribution in [3.8, 4) is 0 Å². The maximum atomic E-state index is 12.7. The largest absolute Gasteiger partial charge is 0.337 e. The van der Waals surface area contributed by atoms with Crippen molar-refractivity contribution in [2.24, 2.45) is 0 Å². The van der Waals surface area contributed by atoms with Gasteiger partial charge in [0.05, 0.1) is 0 Å². The molecule has 0 aliphatic carbocycles. The number of carbonyl (C=O) groups excluding carboxylic acids is 1. The van der Waals surface area contributed by atoms with Crippen molar-refractivity contribution >= 4 is 17.4 Å². The van der Waals surface area contributed by atoms with E-state index in [1.54, 1.807) is 0 Å². The minimum absolute atomic E-state index is 0.0685. The number of fused-ring (bicyclic) bond motifs is 1. The maximum absolute atomic E-state index is 12.7. The summed E-state index contributed by atoms with van der Waals surface area (Å²) >= 11 is 0. The molecular formula is C19H21N3O. The standard InChI is InChI=1S/C19H21N3O/c23-19(21-12-4-1-5-13-21)16-8-6-10-18(20-16)22-14-11-15-7-2-3-9-17(15)22/h2-3,6-10H,1,4-5,11-14H2.